The van der Waals surface area contributed by atoms with Crippen LogP contribution in [0.4, 0.5) is 0 Å². The minimum Gasteiger partial charge on any atom is -0.455 e. The SMILES string of the molecule is c1ccc2c(c1)oc1c3c4c(cc12)-n1c2ccccc2c2cccc(c21)B4n1c2c-3cccc2c2c1c1cccc3c1n2C1c2c(cc4c(oc5ccccc54)c2-3)-n2c3ccccc3c3cccc1c32. The monoisotopic (exact) mass is 886 g/mol. The maximum Gasteiger partial charge on any atom is 0.333 e. The first-order valence-electron chi connectivity index (χ1n) is 24.4. The summed E-state index contributed by atoms with van der Waals surface area (Å²) >= 11 is 0. The molecule has 6 nitrogen and oxygen atoms in total. The van der Waals surface area contributed by atoms with E-state index in [4.69, 9.17) is 8.83 Å². The van der Waals surface area contributed by atoms with E-state index in [1.165, 1.54) is 132 Å². The van der Waals surface area contributed by atoms with Crippen molar-refractivity contribution in [1.82, 2.24) is 18.2 Å². The summed E-state index contributed by atoms with van der Waals surface area (Å²) in [4.78, 5) is 0. The number of aromatic nitrogens is 4. The molecule has 10 heterocycles. The van der Waals surface area contributed by atoms with E-state index in [0.29, 0.717) is 0 Å². The summed E-state index contributed by atoms with van der Waals surface area (Å²) < 4.78 is 24.8. The van der Waals surface area contributed by atoms with Crippen LogP contribution in [-0.4, -0.2) is 25.0 Å². The number of para-hydroxylation sites is 8. The van der Waals surface area contributed by atoms with Crippen molar-refractivity contribution in [3.63, 3.8) is 0 Å². The topological polar surface area (TPSA) is 46.0 Å². The van der Waals surface area contributed by atoms with Crippen LogP contribution in [0.2, 0.25) is 0 Å². The highest BCUT2D eigenvalue weighted by atomic mass is 16.3. The molecule has 0 aliphatic carbocycles. The second kappa shape index (κ2) is 11.0. The molecule has 20 rings (SSSR count). The van der Waals surface area contributed by atoms with E-state index in [-0.39, 0.29) is 12.9 Å². The molecule has 6 aromatic heterocycles. The maximum atomic E-state index is 7.10. The van der Waals surface area contributed by atoms with Gasteiger partial charge in [0.25, 0.3) is 0 Å². The van der Waals surface area contributed by atoms with Gasteiger partial charge in [0.15, 0.2) is 0 Å². The fourth-order valence-corrected chi connectivity index (χ4v) is 14.9. The molecule has 0 fully saturated rings. The van der Waals surface area contributed by atoms with Gasteiger partial charge in [0.1, 0.15) is 22.3 Å². The van der Waals surface area contributed by atoms with Gasteiger partial charge in [-0.25, -0.2) is 0 Å². The smallest absolute Gasteiger partial charge is 0.333 e. The van der Waals surface area contributed by atoms with Crippen LogP contribution >= 0.6 is 0 Å². The molecular formula is C63H31BN4O2. The predicted octanol–water partition coefficient (Wildman–Crippen LogP) is 14.6. The summed E-state index contributed by atoms with van der Waals surface area (Å²) in [5.41, 5.74) is 26.2. The van der Waals surface area contributed by atoms with Crippen molar-refractivity contribution >= 4 is 138 Å². The highest BCUT2D eigenvalue weighted by molar-refractivity contribution is 6.90. The summed E-state index contributed by atoms with van der Waals surface area (Å²) in [6.07, 6.45) is 0. The lowest BCUT2D eigenvalue weighted by Gasteiger charge is -2.36. The van der Waals surface area contributed by atoms with Gasteiger partial charge in [-0.2, -0.15) is 0 Å². The average molecular weight is 887 g/mol. The molecule has 0 N–H and O–H groups in total. The second-order valence-electron chi connectivity index (χ2n) is 20.2. The molecule has 0 saturated carbocycles. The Hall–Kier alpha value is -9.20. The number of hydrogen-bond donors (Lipinski definition) is 0. The van der Waals surface area contributed by atoms with Crippen molar-refractivity contribution in [1.29, 1.82) is 0 Å². The van der Waals surface area contributed by atoms with Gasteiger partial charge in [0.05, 0.1) is 50.3 Å². The van der Waals surface area contributed by atoms with Gasteiger partial charge in [-0.3, -0.25) is 0 Å². The summed E-state index contributed by atoms with van der Waals surface area (Å²) in [5, 5.41) is 12.2. The van der Waals surface area contributed by atoms with Crippen molar-refractivity contribution in [3.05, 3.63) is 193 Å². The van der Waals surface area contributed by atoms with Gasteiger partial charge in [-0.05, 0) is 47.3 Å². The number of furan rings is 2. The fraction of sp³-hybridized carbons (Fsp3) is 0.0159. The van der Waals surface area contributed by atoms with Gasteiger partial charge in [0, 0.05) is 98.4 Å². The lowest BCUT2D eigenvalue weighted by molar-refractivity contribution is 0.663. The third-order valence-electron chi connectivity index (χ3n) is 17.3. The summed E-state index contributed by atoms with van der Waals surface area (Å²) in [5.74, 6) is 0. The Morgan fingerprint density at radius 2 is 0.929 bits per heavy atom. The molecule has 4 aliphatic heterocycles. The van der Waals surface area contributed by atoms with Gasteiger partial charge < -0.3 is 27.0 Å². The van der Waals surface area contributed by atoms with E-state index < -0.39 is 0 Å². The Morgan fingerprint density at radius 1 is 0.386 bits per heavy atom. The predicted molar refractivity (Wildman–Crippen MR) is 287 cm³/mol. The second-order valence-corrected chi connectivity index (χ2v) is 20.2. The minimum absolute atomic E-state index is 0.140. The quantitative estimate of drug-likeness (QED) is 0.142. The maximum absolute atomic E-state index is 7.10. The Balaban J connectivity index is 1.03. The molecule has 70 heavy (non-hydrogen) atoms. The first-order valence-corrected chi connectivity index (χ1v) is 24.4. The van der Waals surface area contributed by atoms with Crippen LogP contribution in [0, 0.1) is 0 Å². The lowest BCUT2D eigenvalue weighted by atomic mass is 9.45. The zero-order chi connectivity index (χ0) is 44.6. The molecule has 10 aromatic carbocycles. The molecule has 16 aromatic rings. The summed E-state index contributed by atoms with van der Waals surface area (Å²) in [6, 6.07) is 67.9. The molecule has 0 amide bonds. The Kier molecular flexibility index (Phi) is 5.39. The molecule has 0 saturated heterocycles. The van der Waals surface area contributed by atoms with Gasteiger partial charge in [-0.15, -0.1) is 0 Å². The number of nitrogens with zero attached hydrogens (tertiary/aromatic N) is 4. The van der Waals surface area contributed by atoms with E-state index >= 15 is 0 Å². The molecule has 7 heteroatoms. The fourth-order valence-electron chi connectivity index (χ4n) is 14.9. The molecule has 0 radical (unpaired) electrons. The standard InChI is InChI=1S/C63H31BN4O2/c1-5-25-45-31(13-1)35-17-9-21-39-55(35)65(45)47-29-42-33-15-3-7-27-49(33)69-62(42)51-37-19-10-22-40-56(37)67(59(39)53(47)51)60-41-23-11-20-38-52-54-48(30-43-34-16-4-8-28-50(34)70-63(43)52)66-46-26-6-2-14-32(46)36-18-12-24-44(58(36)66)64(54)68(57(38)41)61(40)60/h1-30,59H. The van der Waals surface area contributed by atoms with Crippen LogP contribution in [0.5, 0.6) is 0 Å². The van der Waals surface area contributed by atoms with Gasteiger partial charge in [-0.1, -0.05) is 146 Å². The minimum atomic E-state index is -0.140. The number of fused-ring (bicyclic) bond motifs is 27. The van der Waals surface area contributed by atoms with Crippen molar-refractivity contribution in [3.8, 4) is 33.6 Å². The average Bonchev–Trinajstić information content (AvgIpc) is 4.26. The third kappa shape index (κ3) is 3.45. The molecule has 318 valence electrons. The van der Waals surface area contributed by atoms with Crippen LogP contribution in [0.15, 0.2) is 191 Å². The number of benzene rings is 10. The van der Waals surface area contributed by atoms with Crippen LogP contribution in [0.1, 0.15) is 17.2 Å². The van der Waals surface area contributed by atoms with Crippen LogP contribution in [0.3, 0.4) is 0 Å². The van der Waals surface area contributed by atoms with Crippen LogP contribution in [-0.2, 0) is 0 Å². The third-order valence-corrected chi connectivity index (χ3v) is 17.3. The Morgan fingerprint density at radius 3 is 1.66 bits per heavy atom. The summed E-state index contributed by atoms with van der Waals surface area (Å²) in [6.45, 7) is -0.140. The lowest BCUT2D eigenvalue weighted by Crippen LogP contribution is -2.55. The van der Waals surface area contributed by atoms with Crippen LogP contribution in [0.25, 0.3) is 154 Å². The van der Waals surface area contributed by atoms with Crippen LogP contribution < -0.4 is 10.9 Å². The highest BCUT2D eigenvalue weighted by Crippen LogP contribution is 2.59. The van der Waals surface area contributed by atoms with E-state index in [0.717, 1.165) is 43.9 Å². The van der Waals surface area contributed by atoms with E-state index in [1.54, 1.807) is 0 Å². The van der Waals surface area contributed by atoms with Crippen molar-refractivity contribution < 1.29 is 8.83 Å². The summed E-state index contributed by atoms with van der Waals surface area (Å²) in [7, 11) is 0. The first-order chi connectivity index (χ1) is 34.8. The number of rotatable bonds is 0. The van der Waals surface area contributed by atoms with Crippen molar-refractivity contribution in [2.45, 2.75) is 6.04 Å². The number of hydrogen-bond acceptors (Lipinski definition) is 2. The van der Waals surface area contributed by atoms with Gasteiger partial charge in [0.2, 0.25) is 0 Å². The van der Waals surface area contributed by atoms with E-state index in [1.807, 2.05) is 0 Å². The zero-order valence-electron chi connectivity index (χ0n) is 37.1. The van der Waals surface area contributed by atoms with Crippen molar-refractivity contribution in [2.24, 2.45) is 0 Å². The molecule has 4 aliphatic rings. The van der Waals surface area contributed by atoms with Crippen molar-refractivity contribution in [2.75, 3.05) is 0 Å². The molecule has 0 spiro atoms. The molecule has 1 atom stereocenters. The van der Waals surface area contributed by atoms with E-state index in [2.05, 4.69) is 200 Å². The largest absolute Gasteiger partial charge is 0.455 e. The molecular weight excluding hydrogens is 856 g/mol. The normalized spacial score (nSPS) is 15.0. The Labute approximate surface area is 396 Å². The molecule has 1 unspecified atom stereocenters. The zero-order valence-corrected chi connectivity index (χ0v) is 37.1. The highest BCUT2D eigenvalue weighted by Gasteiger charge is 2.46. The van der Waals surface area contributed by atoms with Gasteiger partial charge >= 0.3 is 6.85 Å². The van der Waals surface area contributed by atoms with E-state index in [9.17, 15) is 0 Å². The first kappa shape index (κ1) is 34.1. The molecule has 0 bridgehead atoms. The Bertz CT molecular complexity index is 4950.